The molecule has 0 saturated carbocycles. The van der Waals surface area contributed by atoms with Crippen molar-refractivity contribution in [1.82, 2.24) is 9.78 Å². The van der Waals surface area contributed by atoms with Crippen LogP contribution in [0.2, 0.25) is 0 Å². The van der Waals surface area contributed by atoms with Crippen LogP contribution >= 0.6 is 23.4 Å². The fourth-order valence-corrected chi connectivity index (χ4v) is 2.63. The van der Waals surface area contributed by atoms with Gasteiger partial charge in [0.25, 0.3) is 0 Å². The Labute approximate surface area is 108 Å². The van der Waals surface area contributed by atoms with E-state index >= 15 is 0 Å². The van der Waals surface area contributed by atoms with Crippen LogP contribution in [-0.4, -0.2) is 21.8 Å². The molecule has 0 aliphatic rings. The lowest BCUT2D eigenvalue weighted by Crippen LogP contribution is -2.07. The van der Waals surface area contributed by atoms with Gasteiger partial charge >= 0.3 is 0 Å². The lowest BCUT2D eigenvalue weighted by atomic mass is 10.1. The zero-order valence-corrected chi connectivity index (χ0v) is 12.2. The van der Waals surface area contributed by atoms with Crippen molar-refractivity contribution < 1.29 is 0 Å². The second-order valence-corrected chi connectivity index (χ2v) is 5.49. The zero-order valence-electron chi connectivity index (χ0n) is 10.6. The summed E-state index contributed by atoms with van der Waals surface area (Å²) in [5.41, 5.74) is 3.74. The Balaban J connectivity index is 3.08. The van der Waals surface area contributed by atoms with Crippen LogP contribution in [0.5, 0.6) is 0 Å². The summed E-state index contributed by atoms with van der Waals surface area (Å²) in [5, 5.41) is 4.74. The number of thioether (sulfide) groups is 1. The van der Waals surface area contributed by atoms with E-state index in [1.807, 2.05) is 18.7 Å². The van der Waals surface area contributed by atoms with E-state index in [1.54, 1.807) is 0 Å². The number of nitrogens with zero attached hydrogens (tertiary/aromatic N) is 2. The minimum absolute atomic E-state index is 0.0629. The summed E-state index contributed by atoms with van der Waals surface area (Å²) in [6.45, 7) is 7.34. The molecular formula is C12H21ClN2S. The van der Waals surface area contributed by atoms with E-state index in [4.69, 9.17) is 11.6 Å². The van der Waals surface area contributed by atoms with Crippen molar-refractivity contribution in [3.63, 3.8) is 0 Å². The molecule has 1 aromatic rings. The van der Waals surface area contributed by atoms with Gasteiger partial charge in [-0.05, 0) is 26.0 Å². The van der Waals surface area contributed by atoms with Crippen LogP contribution < -0.4 is 0 Å². The summed E-state index contributed by atoms with van der Waals surface area (Å²) in [5.74, 6) is 1.11. The molecule has 0 aliphatic heterocycles. The largest absolute Gasteiger partial charge is 0.268 e. The normalized spacial score (nSPS) is 13.1. The molecule has 1 atom stereocenters. The number of rotatable bonds is 6. The molecule has 1 heterocycles. The highest BCUT2D eigenvalue weighted by atomic mass is 35.5. The van der Waals surface area contributed by atoms with Gasteiger partial charge in [-0.25, -0.2) is 0 Å². The minimum atomic E-state index is 0.0629. The number of alkyl halides is 1. The highest BCUT2D eigenvalue weighted by Crippen LogP contribution is 2.28. The Morgan fingerprint density at radius 3 is 2.50 bits per heavy atom. The van der Waals surface area contributed by atoms with Gasteiger partial charge in [-0.15, -0.1) is 11.6 Å². The molecule has 0 radical (unpaired) electrons. The van der Waals surface area contributed by atoms with E-state index in [1.165, 1.54) is 17.0 Å². The van der Waals surface area contributed by atoms with E-state index in [9.17, 15) is 0 Å². The second kappa shape index (κ2) is 6.55. The van der Waals surface area contributed by atoms with Crippen molar-refractivity contribution >= 4 is 23.4 Å². The molecule has 0 fully saturated rings. The molecule has 1 unspecified atom stereocenters. The molecule has 4 heteroatoms. The second-order valence-electron chi connectivity index (χ2n) is 3.85. The van der Waals surface area contributed by atoms with Crippen LogP contribution in [0.15, 0.2) is 0 Å². The van der Waals surface area contributed by atoms with Crippen LogP contribution in [0.3, 0.4) is 0 Å². The Bertz CT molecular complexity index is 334. The molecule has 0 aliphatic carbocycles. The minimum Gasteiger partial charge on any atom is -0.268 e. The van der Waals surface area contributed by atoms with Gasteiger partial charge in [-0.2, -0.15) is 16.9 Å². The summed E-state index contributed by atoms with van der Waals surface area (Å²) in [4.78, 5) is 0. The van der Waals surface area contributed by atoms with Gasteiger partial charge in [-0.1, -0.05) is 13.8 Å². The van der Waals surface area contributed by atoms with Crippen molar-refractivity contribution in [3.05, 3.63) is 17.0 Å². The predicted octanol–water partition coefficient (Wildman–Crippen LogP) is 3.67. The quantitative estimate of drug-likeness (QED) is 0.727. The van der Waals surface area contributed by atoms with Crippen molar-refractivity contribution in [2.75, 3.05) is 12.0 Å². The van der Waals surface area contributed by atoms with Gasteiger partial charge < -0.3 is 0 Å². The van der Waals surface area contributed by atoms with E-state index in [0.29, 0.717) is 0 Å². The molecule has 0 saturated heterocycles. The predicted molar refractivity (Wildman–Crippen MR) is 73.6 cm³/mol. The molecule has 1 aromatic heterocycles. The molecule has 0 N–H and O–H groups in total. The molecule has 16 heavy (non-hydrogen) atoms. The average Bonchev–Trinajstić information content (AvgIpc) is 2.63. The van der Waals surface area contributed by atoms with E-state index in [0.717, 1.165) is 25.1 Å². The maximum atomic E-state index is 6.26. The summed E-state index contributed by atoms with van der Waals surface area (Å²) in [6, 6.07) is 0. The SMILES string of the molecule is CCc1nn(CCSC)c(CC)c1C(C)Cl. The third kappa shape index (κ3) is 2.95. The standard InChI is InChI=1S/C12H21ClN2S/c1-5-10-12(9(3)13)11(6-2)15(14-10)7-8-16-4/h9H,5-8H2,1-4H3. The van der Waals surface area contributed by atoms with Crippen LogP contribution in [0, 0.1) is 0 Å². The molecular weight excluding hydrogens is 240 g/mol. The maximum Gasteiger partial charge on any atom is 0.0671 e. The number of aromatic nitrogens is 2. The number of aryl methyl sites for hydroxylation is 2. The van der Waals surface area contributed by atoms with Crippen LogP contribution in [0.25, 0.3) is 0 Å². The first-order chi connectivity index (χ1) is 7.65. The third-order valence-corrected chi connectivity index (χ3v) is 3.56. The summed E-state index contributed by atoms with van der Waals surface area (Å²) >= 11 is 8.11. The van der Waals surface area contributed by atoms with E-state index in [-0.39, 0.29) is 5.38 Å². The molecule has 1 rings (SSSR count). The topological polar surface area (TPSA) is 17.8 Å². The van der Waals surface area contributed by atoms with E-state index < -0.39 is 0 Å². The van der Waals surface area contributed by atoms with Crippen LogP contribution in [0.4, 0.5) is 0 Å². The Morgan fingerprint density at radius 2 is 2.06 bits per heavy atom. The summed E-state index contributed by atoms with van der Waals surface area (Å²) in [7, 11) is 0. The average molecular weight is 261 g/mol. The van der Waals surface area contributed by atoms with Gasteiger partial charge in [0.05, 0.1) is 17.6 Å². The van der Waals surface area contributed by atoms with Gasteiger partial charge in [0.1, 0.15) is 0 Å². The Kier molecular flexibility index (Phi) is 5.70. The van der Waals surface area contributed by atoms with Gasteiger partial charge in [-0.3, -0.25) is 4.68 Å². The van der Waals surface area contributed by atoms with Crippen molar-refractivity contribution in [2.24, 2.45) is 0 Å². The van der Waals surface area contributed by atoms with Crippen molar-refractivity contribution in [1.29, 1.82) is 0 Å². The number of hydrogen-bond donors (Lipinski definition) is 0. The molecule has 2 nitrogen and oxygen atoms in total. The van der Waals surface area contributed by atoms with Gasteiger partial charge in [0.15, 0.2) is 0 Å². The Morgan fingerprint density at radius 1 is 1.38 bits per heavy atom. The molecule has 0 amide bonds. The van der Waals surface area contributed by atoms with Gasteiger partial charge in [0, 0.05) is 17.0 Å². The molecule has 0 aromatic carbocycles. The van der Waals surface area contributed by atoms with Crippen molar-refractivity contribution in [2.45, 2.75) is 45.5 Å². The van der Waals surface area contributed by atoms with Crippen LogP contribution in [0.1, 0.15) is 43.1 Å². The fraction of sp³-hybridized carbons (Fsp3) is 0.750. The third-order valence-electron chi connectivity index (χ3n) is 2.75. The summed E-state index contributed by atoms with van der Waals surface area (Å²) in [6.07, 6.45) is 4.10. The van der Waals surface area contributed by atoms with E-state index in [2.05, 4.69) is 29.9 Å². The maximum absolute atomic E-state index is 6.26. The highest BCUT2D eigenvalue weighted by molar-refractivity contribution is 7.98. The van der Waals surface area contributed by atoms with Crippen molar-refractivity contribution in [3.8, 4) is 0 Å². The smallest absolute Gasteiger partial charge is 0.0671 e. The lowest BCUT2D eigenvalue weighted by Gasteiger charge is -2.08. The highest BCUT2D eigenvalue weighted by Gasteiger charge is 2.18. The monoisotopic (exact) mass is 260 g/mol. The molecule has 0 spiro atoms. The fourth-order valence-electron chi connectivity index (χ4n) is 2.02. The zero-order chi connectivity index (χ0) is 12.1. The lowest BCUT2D eigenvalue weighted by molar-refractivity contribution is 0.622. The number of hydrogen-bond acceptors (Lipinski definition) is 2. The van der Waals surface area contributed by atoms with Gasteiger partial charge in [0.2, 0.25) is 0 Å². The number of halogens is 1. The summed E-state index contributed by atoms with van der Waals surface area (Å²) < 4.78 is 2.14. The first-order valence-corrected chi connectivity index (χ1v) is 7.70. The van der Waals surface area contributed by atoms with Crippen LogP contribution in [-0.2, 0) is 19.4 Å². The Hall–Kier alpha value is -0.150. The first kappa shape index (κ1) is 13.9. The molecule has 0 bridgehead atoms. The first-order valence-electron chi connectivity index (χ1n) is 5.87. The molecule has 92 valence electrons.